The average molecular weight is 253 g/mol. The van der Waals surface area contributed by atoms with Crippen molar-refractivity contribution >= 4 is 28.6 Å². The number of carboxylic acid groups (broad SMARTS) is 1. The predicted molar refractivity (Wildman–Crippen MR) is 66.5 cm³/mol. The second-order valence-corrected chi connectivity index (χ2v) is 5.53. The summed E-state index contributed by atoms with van der Waals surface area (Å²) in [5, 5.41) is 13.5. The molecule has 16 heavy (non-hydrogen) atoms. The molecule has 2 aromatic rings. The molecule has 0 unspecified atom stereocenters. The number of rotatable bonds is 3. The molecule has 3 nitrogen and oxygen atoms in total. The minimum absolute atomic E-state index is 0.332. The van der Waals surface area contributed by atoms with E-state index >= 15 is 0 Å². The van der Waals surface area contributed by atoms with Crippen LogP contribution >= 0.6 is 22.7 Å². The standard InChI is InChI=1S/C11H11NO2S2/c1-6(2)10-12-8(5-16-10)9-3-7(4-15-9)11(13)14/h3-6H,1-2H3,(H,13,14). The van der Waals surface area contributed by atoms with Crippen molar-refractivity contribution in [2.24, 2.45) is 0 Å². The second-order valence-electron chi connectivity index (χ2n) is 3.73. The Balaban J connectivity index is 2.31. The van der Waals surface area contributed by atoms with Crippen LogP contribution in [0.3, 0.4) is 0 Å². The van der Waals surface area contributed by atoms with Crippen molar-refractivity contribution in [1.29, 1.82) is 0 Å². The largest absolute Gasteiger partial charge is 0.478 e. The summed E-state index contributed by atoms with van der Waals surface area (Å²) in [6.45, 7) is 4.19. The first-order chi connectivity index (χ1) is 7.58. The zero-order chi connectivity index (χ0) is 11.7. The number of aromatic carboxylic acids is 1. The maximum atomic E-state index is 10.7. The quantitative estimate of drug-likeness (QED) is 0.907. The van der Waals surface area contributed by atoms with Gasteiger partial charge in [0, 0.05) is 16.7 Å². The average Bonchev–Trinajstić information content (AvgIpc) is 2.86. The molecule has 0 radical (unpaired) electrons. The fraction of sp³-hybridized carbons (Fsp3) is 0.273. The van der Waals surface area contributed by atoms with Gasteiger partial charge in [0.1, 0.15) is 0 Å². The van der Waals surface area contributed by atoms with E-state index in [0.717, 1.165) is 15.6 Å². The van der Waals surface area contributed by atoms with Crippen molar-refractivity contribution in [2.75, 3.05) is 0 Å². The van der Waals surface area contributed by atoms with Crippen LogP contribution < -0.4 is 0 Å². The first-order valence-corrected chi connectivity index (χ1v) is 6.61. The van der Waals surface area contributed by atoms with Gasteiger partial charge in [-0.2, -0.15) is 0 Å². The van der Waals surface area contributed by atoms with Crippen LogP contribution in [0.4, 0.5) is 0 Å². The fourth-order valence-corrected chi connectivity index (χ4v) is 3.00. The lowest BCUT2D eigenvalue weighted by atomic mass is 10.2. The van der Waals surface area contributed by atoms with Crippen LogP contribution in [0.15, 0.2) is 16.8 Å². The molecule has 0 fully saturated rings. The molecule has 0 atom stereocenters. The van der Waals surface area contributed by atoms with Crippen LogP contribution in [-0.4, -0.2) is 16.1 Å². The number of carboxylic acids is 1. The molecule has 0 amide bonds. The number of thiophene rings is 1. The second kappa shape index (κ2) is 4.35. The highest BCUT2D eigenvalue weighted by Crippen LogP contribution is 2.30. The number of hydrogen-bond donors (Lipinski definition) is 1. The van der Waals surface area contributed by atoms with E-state index in [0.29, 0.717) is 11.5 Å². The molecule has 0 bridgehead atoms. The van der Waals surface area contributed by atoms with Gasteiger partial charge in [-0.05, 0) is 6.07 Å². The molecule has 0 saturated carbocycles. The molecule has 84 valence electrons. The van der Waals surface area contributed by atoms with E-state index in [4.69, 9.17) is 5.11 Å². The van der Waals surface area contributed by atoms with Crippen LogP contribution in [0.25, 0.3) is 10.6 Å². The van der Waals surface area contributed by atoms with Gasteiger partial charge in [-0.1, -0.05) is 13.8 Å². The van der Waals surface area contributed by atoms with Crippen molar-refractivity contribution in [1.82, 2.24) is 4.98 Å². The number of nitrogens with zero attached hydrogens (tertiary/aromatic N) is 1. The normalized spacial score (nSPS) is 10.9. The molecule has 0 spiro atoms. The lowest BCUT2D eigenvalue weighted by molar-refractivity contribution is 0.0697. The van der Waals surface area contributed by atoms with E-state index in [2.05, 4.69) is 18.8 Å². The minimum Gasteiger partial charge on any atom is -0.478 e. The fourth-order valence-electron chi connectivity index (χ4n) is 1.25. The molecule has 0 saturated heterocycles. The van der Waals surface area contributed by atoms with E-state index in [-0.39, 0.29) is 0 Å². The zero-order valence-corrected chi connectivity index (χ0v) is 10.6. The Kier molecular flexibility index (Phi) is 3.07. The summed E-state index contributed by atoms with van der Waals surface area (Å²) in [5.74, 6) is -0.473. The van der Waals surface area contributed by atoms with E-state index in [1.54, 1.807) is 22.8 Å². The Bertz CT molecular complexity index is 514. The van der Waals surface area contributed by atoms with Gasteiger partial charge < -0.3 is 5.11 Å². The summed E-state index contributed by atoms with van der Waals surface area (Å²) in [7, 11) is 0. The van der Waals surface area contributed by atoms with E-state index < -0.39 is 5.97 Å². The van der Waals surface area contributed by atoms with E-state index in [1.165, 1.54) is 11.3 Å². The highest BCUT2D eigenvalue weighted by Gasteiger charge is 2.11. The van der Waals surface area contributed by atoms with Crippen molar-refractivity contribution in [2.45, 2.75) is 19.8 Å². The third-order valence-corrected chi connectivity index (χ3v) is 4.21. The van der Waals surface area contributed by atoms with Crippen molar-refractivity contribution in [3.63, 3.8) is 0 Å². The molecule has 2 heterocycles. The third-order valence-electron chi connectivity index (χ3n) is 2.11. The van der Waals surface area contributed by atoms with Crippen LogP contribution in [0.2, 0.25) is 0 Å². The summed E-state index contributed by atoms with van der Waals surface area (Å²) in [4.78, 5) is 16.2. The Morgan fingerprint density at radius 1 is 1.38 bits per heavy atom. The number of aromatic nitrogens is 1. The molecule has 0 aliphatic heterocycles. The molecule has 2 aromatic heterocycles. The third kappa shape index (κ3) is 2.15. The van der Waals surface area contributed by atoms with Crippen LogP contribution in [-0.2, 0) is 0 Å². The molecular weight excluding hydrogens is 242 g/mol. The van der Waals surface area contributed by atoms with Crippen molar-refractivity contribution in [3.8, 4) is 10.6 Å². The number of hydrogen-bond acceptors (Lipinski definition) is 4. The van der Waals surface area contributed by atoms with E-state index in [9.17, 15) is 4.79 Å². The predicted octanol–water partition coefficient (Wildman–Crippen LogP) is 3.69. The van der Waals surface area contributed by atoms with Gasteiger partial charge in [0.05, 0.1) is 21.1 Å². The Morgan fingerprint density at radius 3 is 2.62 bits per heavy atom. The van der Waals surface area contributed by atoms with Gasteiger partial charge in [0.2, 0.25) is 0 Å². The Labute approximate surface area is 101 Å². The highest BCUT2D eigenvalue weighted by molar-refractivity contribution is 7.14. The minimum atomic E-state index is -0.887. The monoisotopic (exact) mass is 253 g/mol. The molecule has 0 aliphatic rings. The van der Waals surface area contributed by atoms with Gasteiger partial charge in [0.15, 0.2) is 0 Å². The summed E-state index contributed by atoms with van der Waals surface area (Å²) < 4.78 is 0. The molecule has 1 N–H and O–H groups in total. The van der Waals surface area contributed by atoms with Crippen LogP contribution in [0.5, 0.6) is 0 Å². The van der Waals surface area contributed by atoms with Gasteiger partial charge in [-0.25, -0.2) is 9.78 Å². The van der Waals surface area contributed by atoms with Gasteiger partial charge >= 0.3 is 5.97 Å². The zero-order valence-electron chi connectivity index (χ0n) is 8.93. The summed E-state index contributed by atoms with van der Waals surface area (Å²) >= 11 is 3.04. The number of thiazole rings is 1. The summed E-state index contributed by atoms with van der Waals surface area (Å²) in [6.07, 6.45) is 0. The van der Waals surface area contributed by atoms with Gasteiger partial charge in [0.25, 0.3) is 0 Å². The molecule has 5 heteroatoms. The number of carbonyl (C=O) groups is 1. The summed E-state index contributed by atoms with van der Waals surface area (Å²) in [6, 6.07) is 1.67. The first-order valence-electron chi connectivity index (χ1n) is 4.85. The van der Waals surface area contributed by atoms with Crippen molar-refractivity contribution < 1.29 is 9.90 Å². The Morgan fingerprint density at radius 2 is 2.12 bits per heavy atom. The van der Waals surface area contributed by atoms with Gasteiger partial charge in [-0.15, -0.1) is 22.7 Å². The maximum Gasteiger partial charge on any atom is 0.336 e. The Hall–Kier alpha value is -1.20. The topological polar surface area (TPSA) is 50.2 Å². The lowest BCUT2D eigenvalue weighted by Gasteiger charge is -1.95. The molecule has 0 aliphatic carbocycles. The lowest BCUT2D eigenvalue weighted by Crippen LogP contribution is -1.91. The smallest absolute Gasteiger partial charge is 0.336 e. The molecular formula is C11H11NO2S2. The molecule has 0 aromatic carbocycles. The van der Waals surface area contributed by atoms with Crippen LogP contribution in [0, 0.1) is 0 Å². The van der Waals surface area contributed by atoms with Gasteiger partial charge in [-0.3, -0.25) is 0 Å². The van der Waals surface area contributed by atoms with Crippen molar-refractivity contribution in [3.05, 3.63) is 27.4 Å². The van der Waals surface area contributed by atoms with Crippen LogP contribution in [0.1, 0.15) is 35.1 Å². The maximum absolute atomic E-state index is 10.7. The molecule has 2 rings (SSSR count). The SMILES string of the molecule is CC(C)c1nc(-c2cc(C(=O)O)cs2)cs1. The summed E-state index contributed by atoms with van der Waals surface area (Å²) in [5.41, 5.74) is 1.21. The highest BCUT2D eigenvalue weighted by atomic mass is 32.1. The first kappa shape index (κ1) is 11.3. The van der Waals surface area contributed by atoms with E-state index in [1.807, 2.05) is 5.38 Å².